The first-order valence-electron chi connectivity index (χ1n) is 8.40. The van der Waals surface area contributed by atoms with Crippen LogP contribution in [0.15, 0.2) is 41.5 Å². The van der Waals surface area contributed by atoms with Gasteiger partial charge in [0.1, 0.15) is 5.69 Å². The lowest BCUT2D eigenvalue weighted by atomic mass is 10.2. The summed E-state index contributed by atoms with van der Waals surface area (Å²) in [6.45, 7) is 0. The van der Waals surface area contributed by atoms with Gasteiger partial charge in [0.2, 0.25) is 0 Å². The van der Waals surface area contributed by atoms with Crippen LogP contribution in [0.3, 0.4) is 0 Å². The Balaban J connectivity index is 1.79. The smallest absolute Gasteiger partial charge is 0.287 e. The van der Waals surface area contributed by atoms with E-state index in [9.17, 15) is 4.79 Å². The van der Waals surface area contributed by atoms with Gasteiger partial charge in [0.15, 0.2) is 23.0 Å². The summed E-state index contributed by atoms with van der Waals surface area (Å²) in [6, 6.07) is 10.7. The van der Waals surface area contributed by atoms with Gasteiger partial charge in [-0.05, 0) is 24.3 Å². The molecule has 0 aliphatic rings. The largest absolute Gasteiger partial charge is 0.493 e. The van der Waals surface area contributed by atoms with E-state index in [2.05, 4.69) is 15.5 Å². The maximum Gasteiger partial charge on any atom is 0.287 e. The number of benzene rings is 2. The number of aromatic nitrogens is 1. The summed E-state index contributed by atoms with van der Waals surface area (Å²) in [6.07, 6.45) is 1.49. The number of hydrazone groups is 1. The fourth-order valence-corrected chi connectivity index (χ4v) is 2.82. The number of hydrogen-bond acceptors (Lipinski definition) is 6. The number of aromatic amines is 1. The molecule has 8 nitrogen and oxygen atoms in total. The van der Waals surface area contributed by atoms with Crippen LogP contribution in [0.5, 0.6) is 23.0 Å². The van der Waals surface area contributed by atoms with E-state index in [0.717, 1.165) is 10.9 Å². The van der Waals surface area contributed by atoms with Gasteiger partial charge < -0.3 is 23.9 Å². The highest BCUT2D eigenvalue weighted by Crippen LogP contribution is 2.32. The topological polar surface area (TPSA) is 94.2 Å². The summed E-state index contributed by atoms with van der Waals surface area (Å²) in [7, 11) is 6.22. The molecule has 28 heavy (non-hydrogen) atoms. The van der Waals surface area contributed by atoms with Crippen LogP contribution < -0.4 is 24.4 Å². The number of ether oxygens (including phenoxy) is 4. The Labute approximate surface area is 162 Å². The Bertz CT molecular complexity index is 985. The number of carbonyl (C=O) groups excluding carboxylic acids is 1. The van der Waals surface area contributed by atoms with E-state index in [0.29, 0.717) is 34.3 Å². The van der Waals surface area contributed by atoms with Crippen LogP contribution in [0, 0.1) is 0 Å². The molecule has 0 atom stereocenters. The molecule has 0 unspecified atom stereocenters. The zero-order valence-electron chi connectivity index (χ0n) is 16.0. The minimum Gasteiger partial charge on any atom is -0.493 e. The first-order valence-corrected chi connectivity index (χ1v) is 8.40. The summed E-state index contributed by atoms with van der Waals surface area (Å²) in [5, 5.41) is 4.83. The van der Waals surface area contributed by atoms with Gasteiger partial charge in [-0.15, -0.1) is 0 Å². The number of para-hydroxylation sites is 1. The summed E-state index contributed by atoms with van der Waals surface area (Å²) >= 11 is 0. The molecule has 0 spiro atoms. The maximum atomic E-state index is 12.4. The van der Waals surface area contributed by atoms with E-state index < -0.39 is 0 Å². The van der Waals surface area contributed by atoms with Crippen LogP contribution in [0.4, 0.5) is 0 Å². The molecule has 1 heterocycles. The average Bonchev–Trinajstić information content (AvgIpc) is 3.15. The van der Waals surface area contributed by atoms with Gasteiger partial charge in [0.25, 0.3) is 5.91 Å². The van der Waals surface area contributed by atoms with Crippen LogP contribution in [-0.2, 0) is 0 Å². The fraction of sp³-hybridized carbons (Fsp3) is 0.200. The van der Waals surface area contributed by atoms with Crippen LogP contribution in [-0.4, -0.2) is 45.5 Å². The van der Waals surface area contributed by atoms with Crippen molar-refractivity contribution in [1.29, 1.82) is 0 Å². The number of methoxy groups -OCH3 is 4. The van der Waals surface area contributed by atoms with Crippen molar-refractivity contribution in [2.45, 2.75) is 0 Å². The number of rotatable bonds is 7. The molecule has 0 aliphatic carbocycles. The Kier molecular flexibility index (Phi) is 5.69. The molecule has 0 saturated carbocycles. The van der Waals surface area contributed by atoms with Gasteiger partial charge in [0, 0.05) is 22.5 Å². The van der Waals surface area contributed by atoms with Gasteiger partial charge in [-0.3, -0.25) is 4.79 Å². The third-order valence-corrected chi connectivity index (χ3v) is 4.17. The van der Waals surface area contributed by atoms with Gasteiger partial charge in [-0.2, -0.15) is 5.10 Å². The number of nitrogens with one attached hydrogen (secondary N) is 2. The first-order chi connectivity index (χ1) is 13.6. The number of amides is 1. The minimum absolute atomic E-state index is 0.361. The number of carbonyl (C=O) groups is 1. The van der Waals surface area contributed by atoms with Crippen LogP contribution in [0.1, 0.15) is 16.1 Å². The van der Waals surface area contributed by atoms with Crippen LogP contribution in [0.25, 0.3) is 10.9 Å². The molecule has 2 aromatic carbocycles. The molecule has 3 aromatic rings. The number of fused-ring (bicyclic) bond motifs is 1. The van der Waals surface area contributed by atoms with E-state index in [4.69, 9.17) is 18.9 Å². The summed E-state index contributed by atoms with van der Waals surface area (Å²) in [5.41, 5.74) is 4.28. The maximum absolute atomic E-state index is 12.4. The van der Waals surface area contributed by atoms with Crippen LogP contribution in [0.2, 0.25) is 0 Å². The molecular formula is C20H21N3O5. The third-order valence-electron chi connectivity index (χ3n) is 4.17. The lowest BCUT2D eigenvalue weighted by molar-refractivity contribution is 0.0951. The summed E-state index contributed by atoms with van der Waals surface area (Å²) < 4.78 is 21.1. The molecule has 0 saturated heterocycles. The minimum atomic E-state index is -0.382. The molecule has 3 rings (SSSR count). The van der Waals surface area contributed by atoms with Crippen molar-refractivity contribution in [3.8, 4) is 23.0 Å². The second-order valence-electron chi connectivity index (χ2n) is 5.76. The van der Waals surface area contributed by atoms with Crippen molar-refractivity contribution in [1.82, 2.24) is 10.4 Å². The summed E-state index contributed by atoms with van der Waals surface area (Å²) in [4.78, 5) is 15.5. The molecule has 0 aliphatic heterocycles. The summed E-state index contributed by atoms with van der Waals surface area (Å²) in [5.74, 6) is 1.90. The van der Waals surface area contributed by atoms with E-state index in [-0.39, 0.29) is 5.91 Å². The predicted molar refractivity (Wildman–Crippen MR) is 106 cm³/mol. The van der Waals surface area contributed by atoms with Gasteiger partial charge in [-0.1, -0.05) is 6.07 Å². The van der Waals surface area contributed by atoms with Crippen molar-refractivity contribution >= 4 is 23.0 Å². The molecular weight excluding hydrogens is 362 g/mol. The predicted octanol–water partition coefficient (Wildman–Crippen LogP) is 2.97. The zero-order valence-corrected chi connectivity index (χ0v) is 16.0. The quantitative estimate of drug-likeness (QED) is 0.483. The van der Waals surface area contributed by atoms with Crippen LogP contribution >= 0.6 is 0 Å². The standard InChI is InChI=1S/C20H21N3O5/c1-25-16-7-5-6-12(19(16)28-4)11-21-23-20(24)15-8-13-9-17(26-2)18(27-3)10-14(13)22-15/h5-11,22H,1-4H3,(H,23,24)/b21-11-. The van der Waals surface area contributed by atoms with E-state index in [1.165, 1.54) is 6.21 Å². The van der Waals surface area contributed by atoms with Gasteiger partial charge in [0.05, 0.1) is 34.7 Å². The Morgan fingerprint density at radius 3 is 2.36 bits per heavy atom. The molecule has 0 fully saturated rings. The molecule has 146 valence electrons. The molecule has 8 heteroatoms. The highest BCUT2D eigenvalue weighted by molar-refractivity contribution is 5.99. The average molecular weight is 383 g/mol. The number of H-pyrrole nitrogens is 1. The lowest BCUT2D eigenvalue weighted by Gasteiger charge is -2.09. The first kappa shape index (κ1) is 19.1. The van der Waals surface area contributed by atoms with Gasteiger partial charge >= 0.3 is 0 Å². The molecule has 2 N–H and O–H groups in total. The second-order valence-corrected chi connectivity index (χ2v) is 5.76. The number of nitrogens with zero attached hydrogens (tertiary/aromatic N) is 1. The SMILES string of the molecule is COc1cc2cc(C(=O)N/N=C\c3cccc(OC)c3OC)[nH]c2cc1OC. The lowest BCUT2D eigenvalue weighted by Crippen LogP contribution is -2.17. The normalized spacial score (nSPS) is 10.9. The highest BCUT2D eigenvalue weighted by Gasteiger charge is 2.13. The molecule has 1 aromatic heterocycles. The number of hydrogen-bond donors (Lipinski definition) is 2. The van der Waals surface area contributed by atoms with Crippen molar-refractivity contribution in [2.24, 2.45) is 5.10 Å². The zero-order chi connectivity index (χ0) is 20.1. The Morgan fingerprint density at radius 1 is 0.964 bits per heavy atom. The van der Waals surface area contributed by atoms with E-state index in [1.807, 2.05) is 6.07 Å². The Morgan fingerprint density at radius 2 is 1.68 bits per heavy atom. The fourth-order valence-electron chi connectivity index (χ4n) is 2.82. The van der Waals surface area contributed by atoms with E-state index in [1.54, 1.807) is 58.8 Å². The van der Waals surface area contributed by atoms with E-state index >= 15 is 0 Å². The highest BCUT2D eigenvalue weighted by atomic mass is 16.5. The van der Waals surface area contributed by atoms with Crippen molar-refractivity contribution in [3.63, 3.8) is 0 Å². The van der Waals surface area contributed by atoms with Gasteiger partial charge in [-0.25, -0.2) is 5.43 Å². The Hall–Kier alpha value is -3.68. The molecule has 1 amide bonds. The van der Waals surface area contributed by atoms with Crippen molar-refractivity contribution < 1.29 is 23.7 Å². The van der Waals surface area contributed by atoms with Crippen molar-refractivity contribution in [3.05, 3.63) is 47.7 Å². The molecule has 0 radical (unpaired) electrons. The molecule has 0 bridgehead atoms. The van der Waals surface area contributed by atoms with Crippen molar-refractivity contribution in [2.75, 3.05) is 28.4 Å². The monoisotopic (exact) mass is 383 g/mol. The second kappa shape index (κ2) is 8.34. The third kappa shape index (κ3) is 3.71.